The normalized spacial score (nSPS) is 10.6. The van der Waals surface area contributed by atoms with E-state index in [1.165, 1.54) is 0 Å². The van der Waals surface area contributed by atoms with Gasteiger partial charge in [-0.15, -0.1) is 0 Å². The van der Waals surface area contributed by atoms with Crippen LogP contribution in [-0.4, -0.2) is 9.78 Å². The lowest BCUT2D eigenvalue weighted by Gasteiger charge is -2.08. The summed E-state index contributed by atoms with van der Waals surface area (Å²) in [4.78, 5) is 0. The maximum absolute atomic E-state index is 5.90. The zero-order valence-corrected chi connectivity index (χ0v) is 12.1. The van der Waals surface area contributed by atoms with Crippen molar-refractivity contribution in [2.24, 2.45) is 7.05 Å². The molecule has 0 saturated heterocycles. The third-order valence-electron chi connectivity index (χ3n) is 2.61. The Balaban J connectivity index is 2.38. The summed E-state index contributed by atoms with van der Waals surface area (Å²) in [6, 6.07) is 5.60. The first-order valence-corrected chi connectivity index (χ1v) is 6.30. The summed E-state index contributed by atoms with van der Waals surface area (Å²) in [5, 5.41) is 4.32. The number of aryl methyl sites for hydroxylation is 2. The average Bonchev–Trinajstić information content (AvgIpc) is 2.48. The van der Waals surface area contributed by atoms with Gasteiger partial charge in [-0.3, -0.25) is 4.68 Å². The number of nitrogens with zero attached hydrogens (tertiary/aromatic N) is 2. The Morgan fingerprint density at radius 1 is 1.35 bits per heavy atom. The van der Waals surface area contributed by atoms with Gasteiger partial charge in [0.25, 0.3) is 0 Å². The van der Waals surface area contributed by atoms with Crippen molar-refractivity contribution >= 4 is 28.3 Å². The van der Waals surface area contributed by atoms with Gasteiger partial charge in [0.1, 0.15) is 11.4 Å². The molecule has 2 N–H and O–H groups in total. The molecule has 0 spiro atoms. The molecule has 0 aliphatic heterocycles. The van der Waals surface area contributed by atoms with E-state index in [0.717, 1.165) is 32.1 Å². The molecule has 0 amide bonds. The second-order valence-electron chi connectivity index (χ2n) is 3.92. The van der Waals surface area contributed by atoms with Crippen LogP contribution in [0.15, 0.2) is 18.2 Å². The lowest BCUT2D eigenvalue weighted by atomic mass is 10.3. The highest BCUT2D eigenvalue weighted by Gasteiger charge is 2.13. The van der Waals surface area contributed by atoms with Crippen molar-refractivity contribution in [3.05, 3.63) is 33.2 Å². The van der Waals surface area contributed by atoms with Crippen LogP contribution in [0.4, 0.5) is 5.69 Å². The Morgan fingerprint density at radius 3 is 2.59 bits per heavy atom. The molecular formula is C12H14IN3O. The number of hydrogen-bond acceptors (Lipinski definition) is 3. The summed E-state index contributed by atoms with van der Waals surface area (Å²) in [6.45, 7) is 3.92. The van der Waals surface area contributed by atoms with Crippen LogP contribution < -0.4 is 10.5 Å². The summed E-state index contributed by atoms with van der Waals surface area (Å²) in [7, 11) is 1.91. The third kappa shape index (κ3) is 2.38. The average molecular weight is 343 g/mol. The van der Waals surface area contributed by atoms with E-state index >= 15 is 0 Å². The van der Waals surface area contributed by atoms with Crippen LogP contribution >= 0.6 is 22.6 Å². The van der Waals surface area contributed by atoms with Crippen LogP contribution in [0.25, 0.3) is 0 Å². The second kappa shape index (κ2) is 4.56. The molecule has 0 aliphatic rings. The quantitative estimate of drug-likeness (QED) is 0.674. The Morgan fingerprint density at radius 2 is 2.06 bits per heavy atom. The van der Waals surface area contributed by atoms with E-state index in [4.69, 9.17) is 10.5 Å². The standard InChI is InChI=1S/C12H14IN3O/c1-7-12(8(2)16(3)15-7)17-11-5-4-9(14)6-10(11)13/h4-6H,14H2,1-3H3. The van der Waals surface area contributed by atoms with Gasteiger partial charge in [-0.05, 0) is 54.6 Å². The van der Waals surface area contributed by atoms with Crippen molar-refractivity contribution in [3.8, 4) is 11.5 Å². The van der Waals surface area contributed by atoms with Crippen LogP contribution in [-0.2, 0) is 7.05 Å². The molecule has 0 fully saturated rings. The molecule has 0 unspecified atom stereocenters. The Bertz CT molecular complexity index is 563. The van der Waals surface area contributed by atoms with Crippen LogP contribution in [0.3, 0.4) is 0 Å². The van der Waals surface area contributed by atoms with Gasteiger partial charge in [0.05, 0.1) is 9.26 Å². The summed E-state index contributed by atoms with van der Waals surface area (Å²) < 4.78 is 8.71. The van der Waals surface area contributed by atoms with Gasteiger partial charge in [-0.2, -0.15) is 5.10 Å². The van der Waals surface area contributed by atoms with Gasteiger partial charge in [0.15, 0.2) is 5.75 Å². The Labute approximate surface area is 114 Å². The molecule has 2 aromatic rings. The first-order valence-electron chi connectivity index (χ1n) is 5.22. The number of rotatable bonds is 2. The molecule has 0 aliphatic carbocycles. The van der Waals surface area contributed by atoms with Crippen molar-refractivity contribution in [2.75, 3.05) is 5.73 Å². The van der Waals surface area contributed by atoms with Crippen LogP contribution in [0, 0.1) is 17.4 Å². The maximum atomic E-state index is 5.90. The molecular weight excluding hydrogens is 329 g/mol. The van der Waals surface area contributed by atoms with Crippen LogP contribution in [0.1, 0.15) is 11.4 Å². The molecule has 17 heavy (non-hydrogen) atoms. The molecule has 90 valence electrons. The summed E-state index contributed by atoms with van der Waals surface area (Å²) in [5.41, 5.74) is 8.34. The summed E-state index contributed by atoms with van der Waals surface area (Å²) in [6.07, 6.45) is 0. The SMILES string of the molecule is Cc1nn(C)c(C)c1Oc1ccc(N)cc1I. The van der Waals surface area contributed by atoms with Crippen molar-refractivity contribution in [2.45, 2.75) is 13.8 Å². The summed E-state index contributed by atoms with van der Waals surface area (Å²) in [5.74, 6) is 1.62. The van der Waals surface area contributed by atoms with E-state index in [1.807, 2.05) is 43.8 Å². The van der Waals surface area contributed by atoms with E-state index in [9.17, 15) is 0 Å². The van der Waals surface area contributed by atoms with E-state index in [0.29, 0.717) is 0 Å². The molecule has 0 atom stereocenters. The van der Waals surface area contributed by atoms with Crippen molar-refractivity contribution in [1.82, 2.24) is 9.78 Å². The number of hydrogen-bond donors (Lipinski definition) is 1. The minimum Gasteiger partial charge on any atom is -0.452 e. The highest BCUT2D eigenvalue weighted by Crippen LogP contribution is 2.31. The van der Waals surface area contributed by atoms with E-state index in [2.05, 4.69) is 27.7 Å². The fraction of sp³-hybridized carbons (Fsp3) is 0.250. The number of nitrogens with two attached hydrogens (primary N) is 1. The largest absolute Gasteiger partial charge is 0.452 e. The lowest BCUT2D eigenvalue weighted by Crippen LogP contribution is -1.94. The summed E-state index contributed by atoms with van der Waals surface area (Å²) >= 11 is 2.21. The highest BCUT2D eigenvalue weighted by atomic mass is 127. The van der Waals surface area contributed by atoms with Crippen LogP contribution in [0.5, 0.6) is 11.5 Å². The maximum Gasteiger partial charge on any atom is 0.171 e. The smallest absolute Gasteiger partial charge is 0.171 e. The topological polar surface area (TPSA) is 53.1 Å². The molecule has 4 nitrogen and oxygen atoms in total. The van der Waals surface area contributed by atoms with Crippen molar-refractivity contribution < 1.29 is 4.74 Å². The van der Waals surface area contributed by atoms with E-state index in [1.54, 1.807) is 0 Å². The molecule has 1 aromatic carbocycles. The highest BCUT2D eigenvalue weighted by molar-refractivity contribution is 14.1. The number of nitrogen functional groups attached to an aromatic ring is 1. The number of anilines is 1. The van der Waals surface area contributed by atoms with E-state index in [-0.39, 0.29) is 0 Å². The molecule has 2 rings (SSSR count). The Hall–Kier alpha value is -1.24. The molecule has 0 bridgehead atoms. The molecule has 0 radical (unpaired) electrons. The van der Waals surface area contributed by atoms with Gasteiger partial charge in [0, 0.05) is 12.7 Å². The van der Waals surface area contributed by atoms with Gasteiger partial charge >= 0.3 is 0 Å². The number of halogens is 1. The predicted octanol–water partition coefficient (Wildman–Crippen LogP) is 3.02. The van der Waals surface area contributed by atoms with Crippen molar-refractivity contribution in [3.63, 3.8) is 0 Å². The van der Waals surface area contributed by atoms with Crippen molar-refractivity contribution in [1.29, 1.82) is 0 Å². The molecule has 1 aromatic heterocycles. The molecule has 5 heteroatoms. The number of aromatic nitrogens is 2. The minimum absolute atomic E-state index is 0.737. The zero-order valence-electron chi connectivity index (χ0n) is 9.99. The zero-order chi connectivity index (χ0) is 12.6. The van der Waals surface area contributed by atoms with Gasteiger partial charge in [-0.1, -0.05) is 0 Å². The first-order chi connectivity index (χ1) is 7.99. The predicted molar refractivity (Wildman–Crippen MR) is 76.3 cm³/mol. The fourth-order valence-electron chi connectivity index (χ4n) is 1.61. The second-order valence-corrected chi connectivity index (χ2v) is 5.08. The molecule has 0 saturated carbocycles. The van der Waals surface area contributed by atoms with E-state index < -0.39 is 0 Å². The van der Waals surface area contributed by atoms with Gasteiger partial charge in [0.2, 0.25) is 0 Å². The first kappa shape index (κ1) is 12.2. The number of benzene rings is 1. The van der Waals surface area contributed by atoms with Gasteiger partial charge in [-0.25, -0.2) is 0 Å². The number of ether oxygens (including phenoxy) is 1. The molecule has 1 heterocycles. The third-order valence-corrected chi connectivity index (χ3v) is 3.45. The minimum atomic E-state index is 0.737. The Kier molecular flexibility index (Phi) is 3.28. The lowest BCUT2D eigenvalue weighted by molar-refractivity contribution is 0.471. The fourth-order valence-corrected chi connectivity index (χ4v) is 2.26. The monoisotopic (exact) mass is 343 g/mol. The van der Waals surface area contributed by atoms with Crippen LogP contribution in [0.2, 0.25) is 0 Å². The van der Waals surface area contributed by atoms with Gasteiger partial charge < -0.3 is 10.5 Å².